The molecule has 4 aliphatic rings. The third kappa shape index (κ3) is 3.39. The number of hydrogen-bond acceptors (Lipinski definition) is 5. The van der Waals surface area contributed by atoms with Crippen LogP contribution in [0, 0.1) is 0 Å². The molecule has 1 spiro atoms. The maximum Gasteiger partial charge on any atom is 0.258 e. The number of benzene rings is 1. The van der Waals surface area contributed by atoms with E-state index < -0.39 is 5.41 Å². The number of nitrogens with zero attached hydrogens (tertiary/aromatic N) is 3. The summed E-state index contributed by atoms with van der Waals surface area (Å²) in [5.41, 5.74) is 5.39. The number of carbonyl (C=O) groups is 2. The monoisotopic (exact) mass is 493 g/mol. The molecular formula is C29H24FN5O2. The van der Waals surface area contributed by atoms with Crippen LogP contribution < -0.4 is 10.6 Å². The van der Waals surface area contributed by atoms with Crippen LogP contribution in [0.3, 0.4) is 0 Å². The van der Waals surface area contributed by atoms with Crippen molar-refractivity contribution in [2.75, 3.05) is 17.2 Å². The molecule has 37 heavy (non-hydrogen) atoms. The number of nitrogens with one attached hydrogen (secondary N) is 2. The van der Waals surface area contributed by atoms with E-state index in [1.54, 1.807) is 35.5 Å². The van der Waals surface area contributed by atoms with Crippen LogP contribution in [0.4, 0.5) is 21.7 Å². The van der Waals surface area contributed by atoms with E-state index in [2.05, 4.69) is 26.7 Å². The lowest BCUT2D eigenvalue weighted by Gasteiger charge is -2.22. The summed E-state index contributed by atoms with van der Waals surface area (Å²) in [6.07, 6.45) is 7.99. The van der Waals surface area contributed by atoms with Gasteiger partial charge in [0.2, 0.25) is 5.91 Å². The molecule has 1 atom stereocenters. The molecule has 1 aromatic carbocycles. The number of carbonyl (C=O) groups excluding carboxylic acids is 2. The predicted octanol–water partition coefficient (Wildman–Crippen LogP) is 4.96. The Hall–Kier alpha value is -4.33. The predicted molar refractivity (Wildman–Crippen MR) is 137 cm³/mol. The summed E-state index contributed by atoms with van der Waals surface area (Å²) in [4.78, 5) is 36.7. The lowest BCUT2D eigenvalue weighted by molar-refractivity contribution is -0.120. The normalized spacial score (nSPS) is 21.5. The molecular weight excluding hydrogens is 469 g/mol. The van der Waals surface area contributed by atoms with Crippen LogP contribution in [0.1, 0.15) is 46.3 Å². The van der Waals surface area contributed by atoms with Gasteiger partial charge in [-0.25, -0.2) is 14.4 Å². The molecule has 3 aromatic rings. The van der Waals surface area contributed by atoms with E-state index in [1.165, 1.54) is 0 Å². The number of anilines is 3. The Balaban J connectivity index is 1.12. The van der Waals surface area contributed by atoms with Crippen molar-refractivity contribution >= 4 is 29.1 Å². The van der Waals surface area contributed by atoms with E-state index in [1.807, 2.05) is 24.3 Å². The quantitative estimate of drug-likeness (QED) is 0.539. The Bertz CT molecular complexity index is 1560. The first-order chi connectivity index (χ1) is 18.0. The van der Waals surface area contributed by atoms with E-state index in [0.29, 0.717) is 61.4 Å². The van der Waals surface area contributed by atoms with Gasteiger partial charge < -0.3 is 15.5 Å². The number of rotatable bonds is 3. The Kier molecular flexibility index (Phi) is 4.79. The van der Waals surface area contributed by atoms with Gasteiger partial charge in [0.25, 0.3) is 5.91 Å². The molecule has 2 aliphatic carbocycles. The summed E-state index contributed by atoms with van der Waals surface area (Å²) >= 11 is 0. The minimum absolute atomic E-state index is 0.00619. The number of amides is 2. The van der Waals surface area contributed by atoms with E-state index in [-0.39, 0.29) is 17.6 Å². The molecule has 0 saturated carbocycles. The number of hydrogen-bond donors (Lipinski definition) is 2. The highest BCUT2D eigenvalue weighted by Gasteiger charge is 2.51. The van der Waals surface area contributed by atoms with Gasteiger partial charge in [0.05, 0.1) is 5.41 Å². The summed E-state index contributed by atoms with van der Waals surface area (Å²) in [7, 11) is 0. The molecule has 7 nitrogen and oxygen atoms in total. The number of fused-ring (bicyclic) bond motifs is 3. The van der Waals surface area contributed by atoms with E-state index in [0.717, 1.165) is 28.1 Å². The lowest BCUT2D eigenvalue weighted by Crippen LogP contribution is -2.35. The maximum absolute atomic E-state index is 14.2. The molecule has 1 unspecified atom stereocenters. The Labute approximate surface area is 213 Å². The zero-order valence-electron chi connectivity index (χ0n) is 20.1. The first-order valence-corrected chi connectivity index (χ1v) is 12.5. The SMILES string of the molecule is O=C(c1ccnc(Nc2ccc3c(c2)CC2(C3)C(=O)Nc3ncccc32)c1)N1CCC2=C1CCC=C2F. The smallest absolute Gasteiger partial charge is 0.258 e. The highest BCUT2D eigenvalue weighted by atomic mass is 19.1. The summed E-state index contributed by atoms with van der Waals surface area (Å²) in [6.45, 7) is 0.495. The molecule has 2 aliphatic heterocycles. The second-order valence-corrected chi connectivity index (χ2v) is 10.1. The van der Waals surface area contributed by atoms with Gasteiger partial charge in [0.15, 0.2) is 0 Å². The Morgan fingerprint density at radius 3 is 2.86 bits per heavy atom. The van der Waals surface area contributed by atoms with Crippen LogP contribution in [0.25, 0.3) is 0 Å². The van der Waals surface area contributed by atoms with Crippen molar-refractivity contribution in [2.45, 2.75) is 37.5 Å². The number of halogens is 1. The van der Waals surface area contributed by atoms with E-state index >= 15 is 0 Å². The van der Waals surface area contributed by atoms with Crippen LogP contribution >= 0.6 is 0 Å². The molecule has 7 rings (SSSR count). The first kappa shape index (κ1) is 21.9. The zero-order valence-corrected chi connectivity index (χ0v) is 20.1. The molecule has 0 radical (unpaired) electrons. The average molecular weight is 494 g/mol. The highest BCUT2D eigenvalue weighted by molar-refractivity contribution is 6.06. The summed E-state index contributed by atoms with van der Waals surface area (Å²) in [5, 5.41) is 6.26. The summed E-state index contributed by atoms with van der Waals surface area (Å²) in [6, 6.07) is 13.4. The zero-order chi connectivity index (χ0) is 25.1. The second-order valence-electron chi connectivity index (χ2n) is 10.1. The fourth-order valence-electron chi connectivity index (χ4n) is 6.17. The third-order valence-corrected chi connectivity index (χ3v) is 7.96. The summed E-state index contributed by atoms with van der Waals surface area (Å²) < 4.78 is 14.2. The van der Waals surface area contributed by atoms with Crippen molar-refractivity contribution in [2.24, 2.45) is 0 Å². The molecule has 0 saturated heterocycles. The van der Waals surface area contributed by atoms with Gasteiger partial charge in [-0.15, -0.1) is 0 Å². The van der Waals surface area contributed by atoms with Gasteiger partial charge >= 0.3 is 0 Å². The second kappa shape index (κ2) is 8.09. The van der Waals surface area contributed by atoms with Crippen LogP contribution in [0.5, 0.6) is 0 Å². The van der Waals surface area contributed by atoms with Crippen LogP contribution in [0.15, 0.2) is 78.0 Å². The molecule has 2 amide bonds. The largest absolute Gasteiger partial charge is 0.340 e. The summed E-state index contributed by atoms with van der Waals surface area (Å²) in [5.74, 6) is 0.864. The van der Waals surface area contributed by atoms with Crippen molar-refractivity contribution in [1.29, 1.82) is 0 Å². The van der Waals surface area contributed by atoms with Crippen LogP contribution in [-0.2, 0) is 23.1 Å². The molecule has 0 fully saturated rings. The fraction of sp³-hybridized carbons (Fsp3) is 0.241. The van der Waals surface area contributed by atoms with Gasteiger partial charge in [-0.05, 0) is 79.6 Å². The molecule has 184 valence electrons. The van der Waals surface area contributed by atoms with Crippen molar-refractivity contribution in [1.82, 2.24) is 14.9 Å². The van der Waals surface area contributed by atoms with Crippen molar-refractivity contribution < 1.29 is 14.0 Å². The molecule has 2 N–H and O–H groups in total. The van der Waals surface area contributed by atoms with Crippen LogP contribution in [-0.4, -0.2) is 33.2 Å². The van der Waals surface area contributed by atoms with Crippen LogP contribution in [0.2, 0.25) is 0 Å². The molecule has 8 heteroatoms. The molecule has 4 heterocycles. The van der Waals surface area contributed by atoms with Crippen molar-refractivity contribution in [3.63, 3.8) is 0 Å². The Morgan fingerprint density at radius 1 is 1.05 bits per heavy atom. The Morgan fingerprint density at radius 2 is 1.95 bits per heavy atom. The highest BCUT2D eigenvalue weighted by Crippen LogP contribution is 2.47. The number of aromatic nitrogens is 2. The van der Waals surface area contributed by atoms with Crippen molar-refractivity contribution in [3.05, 3.63) is 100 Å². The molecule has 0 bridgehead atoms. The van der Waals surface area contributed by atoms with E-state index in [4.69, 9.17) is 0 Å². The van der Waals surface area contributed by atoms with Gasteiger partial charge in [-0.3, -0.25) is 9.59 Å². The first-order valence-electron chi connectivity index (χ1n) is 12.5. The third-order valence-electron chi connectivity index (χ3n) is 7.96. The van der Waals surface area contributed by atoms with Crippen molar-refractivity contribution in [3.8, 4) is 0 Å². The van der Waals surface area contributed by atoms with E-state index in [9.17, 15) is 14.0 Å². The number of pyridine rings is 2. The van der Waals surface area contributed by atoms with Gasteiger partial charge in [-0.2, -0.15) is 0 Å². The average Bonchev–Trinajstić information content (AvgIpc) is 3.58. The van der Waals surface area contributed by atoms with Gasteiger partial charge in [0, 0.05) is 47.0 Å². The molecule has 2 aromatic heterocycles. The topological polar surface area (TPSA) is 87.2 Å². The lowest BCUT2D eigenvalue weighted by atomic mass is 9.79. The minimum atomic E-state index is -0.619. The standard InChI is InChI=1S/C29H24FN5O2/c30-23-4-1-5-24-21(23)9-12-35(24)27(36)17-8-11-31-25(14-17)33-20-7-6-18-15-29(16-19(18)13-20)22-3-2-10-32-26(22)34-28(29)37/h2-4,6-8,10-11,13-14H,1,5,9,12,15-16H2,(H,31,33)(H,32,34,37). The fourth-order valence-corrected chi connectivity index (χ4v) is 6.17. The minimum Gasteiger partial charge on any atom is -0.340 e. The number of allylic oxidation sites excluding steroid dienone is 3. The van der Waals surface area contributed by atoms with Gasteiger partial charge in [0.1, 0.15) is 17.5 Å². The maximum atomic E-state index is 14.2. The van der Waals surface area contributed by atoms with Gasteiger partial charge in [-0.1, -0.05) is 12.1 Å².